The van der Waals surface area contributed by atoms with Crippen molar-refractivity contribution in [2.24, 2.45) is 5.73 Å². The van der Waals surface area contributed by atoms with E-state index in [1.54, 1.807) is 0 Å². The molecule has 0 radical (unpaired) electrons. The fraction of sp³-hybridized carbons (Fsp3) is 0.174. The van der Waals surface area contributed by atoms with E-state index in [0.29, 0.717) is 6.54 Å². The zero-order valence-electron chi connectivity index (χ0n) is 14.8. The van der Waals surface area contributed by atoms with Gasteiger partial charge in [0.15, 0.2) is 0 Å². The molecule has 4 rings (SSSR count). The van der Waals surface area contributed by atoms with Crippen LogP contribution in [0.1, 0.15) is 11.1 Å². The molecule has 0 aliphatic rings. The highest BCUT2D eigenvalue weighted by Gasteiger charge is 2.10. The normalized spacial score (nSPS) is 11.1. The van der Waals surface area contributed by atoms with Crippen LogP contribution in [-0.4, -0.2) is 16.1 Å². The van der Waals surface area contributed by atoms with Crippen LogP contribution in [0.2, 0.25) is 0 Å². The highest BCUT2D eigenvalue weighted by atomic mass is 15.0. The number of hydrogen-bond donors (Lipinski definition) is 1. The van der Waals surface area contributed by atoms with Crippen LogP contribution in [0.3, 0.4) is 0 Å². The SMILES string of the molecule is NCCc1cn(CCc2ccccc2)c2cc(-c3ccncc3)ccc12. The van der Waals surface area contributed by atoms with Crippen molar-refractivity contribution < 1.29 is 0 Å². The molecule has 0 saturated carbocycles. The Morgan fingerprint density at radius 1 is 0.846 bits per heavy atom. The van der Waals surface area contributed by atoms with Crippen molar-refractivity contribution >= 4 is 10.9 Å². The van der Waals surface area contributed by atoms with Crippen LogP contribution in [0.4, 0.5) is 0 Å². The first-order valence-electron chi connectivity index (χ1n) is 9.11. The van der Waals surface area contributed by atoms with Gasteiger partial charge in [-0.1, -0.05) is 42.5 Å². The maximum atomic E-state index is 5.83. The molecule has 0 aliphatic heterocycles. The van der Waals surface area contributed by atoms with E-state index in [2.05, 4.69) is 76.4 Å². The van der Waals surface area contributed by atoms with Crippen molar-refractivity contribution in [1.82, 2.24) is 9.55 Å². The average Bonchev–Trinajstić information content (AvgIpc) is 3.05. The lowest BCUT2D eigenvalue weighted by Crippen LogP contribution is -2.02. The molecule has 3 heteroatoms. The number of fused-ring (bicyclic) bond motifs is 1. The molecule has 0 atom stereocenters. The summed E-state index contributed by atoms with van der Waals surface area (Å²) in [5.41, 5.74) is 12.2. The molecule has 4 aromatic rings. The summed E-state index contributed by atoms with van der Waals surface area (Å²) >= 11 is 0. The summed E-state index contributed by atoms with van der Waals surface area (Å²) in [7, 11) is 0. The lowest BCUT2D eigenvalue weighted by atomic mass is 10.0. The van der Waals surface area contributed by atoms with Gasteiger partial charge in [0.2, 0.25) is 0 Å². The molecular weight excluding hydrogens is 318 g/mol. The third-order valence-corrected chi connectivity index (χ3v) is 4.88. The van der Waals surface area contributed by atoms with E-state index in [-0.39, 0.29) is 0 Å². The number of nitrogens with zero attached hydrogens (tertiary/aromatic N) is 2. The standard InChI is InChI=1S/C23H23N3/c24-12-8-21-17-26(15-11-18-4-2-1-3-5-18)23-16-20(6-7-22(21)23)19-9-13-25-14-10-19/h1-7,9-10,13-14,16-17H,8,11-12,15,24H2. The number of aromatic nitrogens is 2. The molecule has 0 saturated heterocycles. The number of rotatable bonds is 6. The van der Waals surface area contributed by atoms with Crippen LogP contribution < -0.4 is 5.73 Å². The van der Waals surface area contributed by atoms with Gasteiger partial charge in [0, 0.05) is 36.0 Å². The smallest absolute Gasteiger partial charge is 0.0489 e. The summed E-state index contributed by atoms with van der Waals surface area (Å²) in [6, 6.07) is 21.5. The summed E-state index contributed by atoms with van der Waals surface area (Å²) in [6.07, 6.45) is 7.88. The molecule has 26 heavy (non-hydrogen) atoms. The van der Waals surface area contributed by atoms with Crippen molar-refractivity contribution in [3.8, 4) is 11.1 Å². The number of hydrogen-bond acceptors (Lipinski definition) is 2. The largest absolute Gasteiger partial charge is 0.347 e. The predicted octanol–water partition coefficient (Wildman–Crippen LogP) is 4.45. The topological polar surface area (TPSA) is 43.8 Å². The molecule has 2 aromatic carbocycles. The monoisotopic (exact) mass is 341 g/mol. The van der Waals surface area contributed by atoms with Gasteiger partial charge < -0.3 is 10.3 Å². The van der Waals surface area contributed by atoms with Crippen molar-refractivity contribution in [3.05, 3.63) is 90.4 Å². The second-order valence-electron chi connectivity index (χ2n) is 6.59. The molecule has 0 aliphatic carbocycles. The van der Waals surface area contributed by atoms with Crippen molar-refractivity contribution in [1.29, 1.82) is 0 Å². The van der Waals surface area contributed by atoms with Crippen molar-refractivity contribution in [2.75, 3.05) is 6.54 Å². The molecule has 2 N–H and O–H groups in total. The third kappa shape index (κ3) is 3.39. The molecule has 130 valence electrons. The second kappa shape index (κ2) is 7.54. The fourth-order valence-corrected chi connectivity index (χ4v) is 3.53. The molecule has 0 fully saturated rings. The number of aryl methyl sites for hydroxylation is 2. The third-order valence-electron chi connectivity index (χ3n) is 4.88. The van der Waals surface area contributed by atoms with E-state index in [1.807, 2.05) is 12.4 Å². The lowest BCUT2D eigenvalue weighted by Gasteiger charge is -2.07. The zero-order chi connectivity index (χ0) is 17.8. The summed E-state index contributed by atoms with van der Waals surface area (Å²) in [5.74, 6) is 0. The minimum atomic E-state index is 0.671. The lowest BCUT2D eigenvalue weighted by molar-refractivity contribution is 0.719. The molecule has 0 amide bonds. The quantitative estimate of drug-likeness (QED) is 0.563. The molecule has 0 bridgehead atoms. The first-order valence-corrected chi connectivity index (χ1v) is 9.11. The Morgan fingerprint density at radius 2 is 1.65 bits per heavy atom. The molecule has 2 heterocycles. The highest BCUT2D eigenvalue weighted by Crippen LogP contribution is 2.28. The molecule has 0 spiro atoms. The Kier molecular flexibility index (Phi) is 4.80. The highest BCUT2D eigenvalue weighted by molar-refractivity contribution is 5.88. The maximum absolute atomic E-state index is 5.83. The van der Waals surface area contributed by atoms with Crippen LogP contribution in [0, 0.1) is 0 Å². The van der Waals surface area contributed by atoms with Crippen LogP contribution in [0.5, 0.6) is 0 Å². The maximum Gasteiger partial charge on any atom is 0.0489 e. The average molecular weight is 341 g/mol. The fourth-order valence-electron chi connectivity index (χ4n) is 3.53. The molecular formula is C23H23N3. The van der Waals surface area contributed by atoms with Crippen molar-refractivity contribution in [3.63, 3.8) is 0 Å². The summed E-state index contributed by atoms with van der Waals surface area (Å²) in [6.45, 7) is 1.63. The van der Waals surface area contributed by atoms with E-state index in [4.69, 9.17) is 5.73 Å². The van der Waals surface area contributed by atoms with Gasteiger partial charge in [0.25, 0.3) is 0 Å². The van der Waals surface area contributed by atoms with Gasteiger partial charge >= 0.3 is 0 Å². The van der Waals surface area contributed by atoms with E-state index in [1.165, 1.54) is 33.2 Å². The van der Waals surface area contributed by atoms with Gasteiger partial charge in [-0.05, 0) is 59.8 Å². The summed E-state index contributed by atoms with van der Waals surface area (Å²) < 4.78 is 2.37. The minimum Gasteiger partial charge on any atom is -0.347 e. The van der Waals surface area contributed by atoms with Crippen LogP contribution in [0.15, 0.2) is 79.3 Å². The number of benzene rings is 2. The number of pyridine rings is 1. The first-order chi connectivity index (χ1) is 12.8. The molecule has 3 nitrogen and oxygen atoms in total. The van der Waals surface area contributed by atoms with E-state index < -0.39 is 0 Å². The predicted molar refractivity (Wildman–Crippen MR) is 108 cm³/mol. The van der Waals surface area contributed by atoms with E-state index in [9.17, 15) is 0 Å². The Bertz CT molecular complexity index is 988. The van der Waals surface area contributed by atoms with Gasteiger partial charge in [-0.3, -0.25) is 4.98 Å². The zero-order valence-corrected chi connectivity index (χ0v) is 14.8. The van der Waals surface area contributed by atoms with Crippen molar-refractivity contribution in [2.45, 2.75) is 19.4 Å². The van der Waals surface area contributed by atoms with Gasteiger partial charge in [0.05, 0.1) is 0 Å². The Labute approximate surface area is 154 Å². The van der Waals surface area contributed by atoms with Gasteiger partial charge in [-0.15, -0.1) is 0 Å². The summed E-state index contributed by atoms with van der Waals surface area (Å²) in [4.78, 5) is 4.12. The van der Waals surface area contributed by atoms with Gasteiger partial charge in [0.1, 0.15) is 0 Å². The number of nitrogens with two attached hydrogens (primary N) is 1. The Hall–Kier alpha value is -2.91. The first kappa shape index (κ1) is 16.6. The summed E-state index contributed by atoms with van der Waals surface area (Å²) in [5, 5.41) is 1.31. The van der Waals surface area contributed by atoms with Crippen LogP contribution in [-0.2, 0) is 19.4 Å². The van der Waals surface area contributed by atoms with Gasteiger partial charge in [-0.2, -0.15) is 0 Å². The second-order valence-corrected chi connectivity index (χ2v) is 6.59. The van der Waals surface area contributed by atoms with Crippen LogP contribution in [0.25, 0.3) is 22.0 Å². The molecule has 0 unspecified atom stereocenters. The van der Waals surface area contributed by atoms with Crippen LogP contribution >= 0.6 is 0 Å². The van der Waals surface area contributed by atoms with E-state index >= 15 is 0 Å². The minimum absolute atomic E-state index is 0.671. The Balaban J connectivity index is 1.72. The van der Waals surface area contributed by atoms with Gasteiger partial charge in [-0.25, -0.2) is 0 Å². The molecule has 2 aromatic heterocycles. The van der Waals surface area contributed by atoms with E-state index in [0.717, 1.165) is 19.4 Å². The Morgan fingerprint density at radius 3 is 2.42 bits per heavy atom.